The number of H-pyrrole nitrogens is 1. The van der Waals surface area contributed by atoms with Crippen LogP contribution in [0.2, 0.25) is 0 Å². The van der Waals surface area contributed by atoms with Gasteiger partial charge in [-0.05, 0) is 47.4 Å². The molecule has 0 spiro atoms. The zero-order chi connectivity index (χ0) is 19.2. The molecule has 0 radical (unpaired) electrons. The maximum absolute atomic E-state index is 12.6. The summed E-state index contributed by atoms with van der Waals surface area (Å²) in [5.74, 6) is 0.0441. The van der Waals surface area contributed by atoms with E-state index in [0.29, 0.717) is 17.5 Å². The van der Waals surface area contributed by atoms with Crippen LogP contribution in [0, 0.1) is 5.92 Å². The van der Waals surface area contributed by atoms with Crippen LogP contribution in [-0.2, 0) is 11.2 Å². The highest BCUT2D eigenvalue weighted by molar-refractivity contribution is 7.07. The van der Waals surface area contributed by atoms with E-state index in [1.54, 1.807) is 17.4 Å². The van der Waals surface area contributed by atoms with E-state index in [9.17, 15) is 9.59 Å². The van der Waals surface area contributed by atoms with Gasteiger partial charge < -0.3 is 5.32 Å². The largest absolute Gasteiger partial charge is 0.326 e. The first-order valence-electron chi connectivity index (χ1n) is 9.45. The quantitative estimate of drug-likeness (QED) is 0.590. The number of aromatic nitrogens is 2. The molecule has 2 N–H and O–H groups in total. The van der Waals surface area contributed by atoms with Gasteiger partial charge in [0.15, 0.2) is 0 Å². The fourth-order valence-electron chi connectivity index (χ4n) is 3.37. The number of hydrogen-bond acceptors (Lipinski definition) is 4. The fraction of sp³-hybridized carbons (Fsp3) is 0.381. The van der Waals surface area contributed by atoms with Crippen LogP contribution in [-0.4, -0.2) is 16.1 Å². The van der Waals surface area contributed by atoms with Gasteiger partial charge in [-0.2, -0.15) is 16.4 Å². The Hall–Kier alpha value is -2.47. The monoisotopic (exact) mass is 383 g/mol. The van der Waals surface area contributed by atoms with Crippen molar-refractivity contribution in [3.05, 3.63) is 56.6 Å². The molecule has 0 saturated carbocycles. The van der Waals surface area contributed by atoms with E-state index in [2.05, 4.69) is 40.8 Å². The molecule has 0 unspecified atom stereocenters. The van der Waals surface area contributed by atoms with Crippen LogP contribution in [0.15, 0.2) is 39.8 Å². The number of nitrogens with one attached hydrogen (secondary N) is 2. The van der Waals surface area contributed by atoms with E-state index in [1.165, 1.54) is 5.56 Å². The molecule has 27 heavy (non-hydrogen) atoms. The highest BCUT2D eigenvalue weighted by atomic mass is 32.1. The molecule has 0 aliphatic carbocycles. The number of fused-ring (bicyclic) bond motifs is 1. The van der Waals surface area contributed by atoms with E-state index in [4.69, 9.17) is 0 Å². The Morgan fingerprint density at radius 3 is 2.63 bits per heavy atom. The number of thiophene rings is 1. The predicted octanol–water partition coefficient (Wildman–Crippen LogP) is 4.73. The predicted molar refractivity (Wildman–Crippen MR) is 111 cm³/mol. The second-order valence-electron chi connectivity index (χ2n) is 6.83. The van der Waals surface area contributed by atoms with Gasteiger partial charge in [0, 0.05) is 23.4 Å². The first kappa shape index (κ1) is 19.3. The SMILES string of the molecule is CCCC(CCC)C(=O)Nc1ccc2c(Cc3ccsc3)n[nH]c(=O)c2c1. The van der Waals surface area contributed by atoms with Crippen LogP contribution >= 0.6 is 11.3 Å². The number of amides is 1. The van der Waals surface area contributed by atoms with Crippen molar-refractivity contribution >= 4 is 33.7 Å². The normalized spacial score (nSPS) is 11.2. The van der Waals surface area contributed by atoms with E-state index in [0.717, 1.165) is 36.8 Å². The standard InChI is InChI=1S/C21H25N3O2S/c1-3-5-15(6-4-2)20(25)22-16-7-8-17-18(12-16)21(26)24-23-19(17)11-14-9-10-27-13-14/h7-10,12-13,15H,3-6,11H2,1-2H3,(H,22,25)(H,24,26). The Morgan fingerprint density at radius 1 is 1.19 bits per heavy atom. The lowest BCUT2D eigenvalue weighted by molar-refractivity contribution is -0.120. The third-order valence-electron chi connectivity index (χ3n) is 4.73. The summed E-state index contributed by atoms with van der Waals surface area (Å²) in [5, 5.41) is 15.3. The summed E-state index contributed by atoms with van der Waals surface area (Å²) >= 11 is 1.64. The summed E-state index contributed by atoms with van der Waals surface area (Å²) < 4.78 is 0. The Morgan fingerprint density at radius 2 is 1.96 bits per heavy atom. The number of anilines is 1. The number of nitrogens with zero attached hydrogens (tertiary/aromatic N) is 1. The first-order chi connectivity index (χ1) is 13.1. The van der Waals surface area contributed by atoms with Gasteiger partial charge in [0.2, 0.25) is 5.91 Å². The van der Waals surface area contributed by atoms with E-state index < -0.39 is 0 Å². The number of carbonyl (C=O) groups excluding carboxylic acids is 1. The van der Waals surface area contributed by atoms with Crippen LogP contribution in [0.3, 0.4) is 0 Å². The highest BCUT2D eigenvalue weighted by Gasteiger charge is 2.17. The highest BCUT2D eigenvalue weighted by Crippen LogP contribution is 2.22. The van der Waals surface area contributed by atoms with Crippen LogP contribution in [0.25, 0.3) is 10.8 Å². The minimum atomic E-state index is -0.242. The lowest BCUT2D eigenvalue weighted by atomic mass is 9.97. The first-order valence-corrected chi connectivity index (χ1v) is 10.4. The summed E-state index contributed by atoms with van der Waals surface area (Å²) in [5.41, 5.74) is 2.41. The maximum atomic E-state index is 12.6. The lowest BCUT2D eigenvalue weighted by Crippen LogP contribution is -2.23. The van der Waals surface area contributed by atoms with Gasteiger partial charge in [0.25, 0.3) is 5.56 Å². The minimum absolute atomic E-state index is 0.0144. The number of hydrogen-bond donors (Lipinski definition) is 2. The molecule has 0 aliphatic heterocycles. The molecule has 3 rings (SSSR count). The zero-order valence-corrected chi connectivity index (χ0v) is 16.6. The average molecular weight is 384 g/mol. The molecule has 1 amide bonds. The average Bonchev–Trinajstić information content (AvgIpc) is 3.17. The van der Waals surface area contributed by atoms with Gasteiger partial charge >= 0.3 is 0 Å². The van der Waals surface area contributed by atoms with Crippen LogP contribution < -0.4 is 10.9 Å². The Balaban J connectivity index is 1.87. The fourth-order valence-corrected chi connectivity index (χ4v) is 4.04. The number of carbonyl (C=O) groups is 1. The van der Waals surface area contributed by atoms with E-state index in [1.807, 2.05) is 17.5 Å². The summed E-state index contributed by atoms with van der Waals surface area (Å²) in [6.07, 6.45) is 4.38. The van der Waals surface area contributed by atoms with Gasteiger partial charge in [-0.3, -0.25) is 9.59 Å². The maximum Gasteiger partial charge on any atom is 0.272 e. The van der Waals surface area contributed by atoms with Crippen molar-refractivity contribution in [1.82, 2.24) is 10.2 Å². The summed E-state index contributed by atoms with van der Waals surface area (Å²) in [4.78, 5) is 24.9. The van der Waals surface area contributed by atoms with Crippen LogP contribution in [0.4, 0.5) is 5.69 Å². The van der Waals surface area contributed by atoms with Crippen molar-refractivity contribution in [1.29, 1.82) is 0 Å². The van der Waals surface area contributed by atoms with Crippen LogP contribution in [0.1, 0.15) is 50.8 Å². The third-order valence-corrected chi connectivity index (χ3v) is 5.46. The van der Waals surface area contributed by atoms with E-state index >= 15 is 0 Å². The van der Waals surface area contributed by atoms with Gasteiger partial charge in [-0.1, -0.05) is 32.8 Å². The minimum Gasteiger partial charge on any atom is -0.326 e. The molecule has 0 bridgehead atoms. The van der Waals surface area contributed by atoms with Crippen molar-refractivity contribution < 1.29 is 4.79 Å². The Kier molecular flexibility index (Phi) is 6.40. The topological polar surface area (TPSA) is 74.8 Å². The van der Waals surface area contributed by atoms with Crippen molar-refractivity contribution in [2.45, 2.75) is 46.0 Å². The summed E-state index contributed by atoms with van der Waals surface area (Å²) in [6, 6.07) is 7.54. The van der Waals surface area contributed by atoms with Crippen molar-refractivity contribution in [2.75, 3.05) is 5.32 Å². The molecule has 0 aliphatic rings. The van der Waals surface area contributed by atoms with Gasteiger partial charge in [-0.15, -0.1) is 0 Å². The Labute approximate surface area is 162 Å². The molecule has 6 heteroatoms. The van der Waals surface area contributed by atoms with Gasteiger partial charge in [-0.25, -0.2) is 5.10 Å². The molecule has 3 aromatic rings. The Bertz CT molecular complexity index is 957. The molecular weight excluding hydrogens is 358 g/mol. The molecule has 5 nitrogen and oxygen atoms in total. The third kappa shape index (κ3) is 4.63. The molecule has 2 heterocycles. The number of benzene rings is 1. The second-order valence-corrected chi connectivity index (χ2v) is 7.61. The van der Waals surface area contributed by atoms with Gasteiger partial charge in [0.1, 0.15) is 0 Å². The van der Waals surface area contributed by atoms with Crippen LogP contribution in [0.5, 0.6) is 0 Å². The zero-order valence-electron chi connectivity index (χ0n) is 15.7. The second kappa shape index (κ2) is 8.95. The summed E-state index contributed by atoms with van der Waals surface area (Å²) in [6.45, 7) is 4.18. The molecule has 0 saturated heterocycles. The van der Waals surface area contributed by atoms with E-state index in [-0.39, 0.29) is 17.4 Å². The molecule has 142 valence electrons. The van der Waals surface area contributed by atoms with Crippen molar-refractivity contribution in [2.24, 2.45) is 5.92 Å². The summed E-state index contributed by atoms with van der Waals surface area (Å²) in [7, 11) is 0. The number of aromatic amines is 1. The van der Waals surface area contributed by atoms with Crippen molar-refractivity contribution in [3.8, 4) is 0 Å². The molecule has 2 aromatic heterocycles. The molecule has 0 fully saturated rings. The number of rotatable bonds is 8. The lowest BCUT2D eigenvalue weighted by Gasteiger charge is -2.15. The van der Waals surface area contributed by atoms with Crippen molar-refractivity contribution in [3.63, 3.8) is 0 Å². The molecule has 0 atom stereocenters. The molecule has 1 aromatic carbocycles. The molecular formula is C21H25N3O2S. The smallest absolute Gasteiger partial charge is 0.272 e. The van der Waals surface area contributed by atoms with Gasteiger partial charge in [0.05, 0.1) is 11.1 Å².